The van der Waals surface area contributed by atoms with Crippen molar-refractivity contribution in [3.8, 4) is 0 Å². The van der Waals surface area contributed by atoms with Gasteiger partial charge in [0.1, 0.15) is 10.8 Å². The molecule has 1 aliphatic carbocycles. The standard InChI is InChI=1S/C11H17N3S/c1-3-4-8-7-9(8)12-10-5-6-11(15-2)14-13-10/h5-6,8-9H,3-4,7H2,1-2H3,(H,12,13). The smallest absolute Gasteiger partial charge is 0.148 e. The Labute approximate surface area is 95.1 Å². The molecule has 0 bridgehead atoms. The fourth-order valence-electron chi connectivity index (χ4n) is 1.81. The van der Waals surface area contributed by atoms with Crippen molar-refractivity contribution in [1.29, 1.82) is 0 Å². The van der Waals surface area contributed by atoms with Crippen molar-refractivity contribution >= 4 is 17.6 Å². The predicted molar refractivity (Wildman–Crippen MR) is 64.2 cm³/mol. The average Bonchev–Trinajstić information content (AvgIpc) is 2.98. The van der Waals surface area contributed by atoms with E-state index in [1.807, 2.05) is 18.4 Å². The van der Waals surface area contributed by atoms with E-state index in [-0.39, 0.29) is 0 Å². The van der Waals surface area contributed by atoms with E-state index in [0.29, 0.717) is 6.04 Å². The molecule has 0 spiro atoms. The molecule has 0 aliphatic heterocycles. The van der Waals surface area contributed by atoms with Crippen LogP contribution in [0.3, 0.4) is 0 Å². The monoisotopic (exact) mass is 223 g/mol. The van der Waals surface area contributed by atoms with Crippen LogP contribution in [0.1, 0.15) is 26.2 Å². The highest BCUT2D eigenvalue weighted by atomic mass is 32.2. The quantitative estimate of drug-likeness (QED) is 0.779. The summed E-state index contributed by atoms with van der Waals surface area (Å²) in [5.41, 5.74) is 0. The minimum absolute atomic E-state index is 0.638. The van der Waals surface area contributed by atoms with Gasteiger partial charge in [0.25, 0.3) is 0 Å². The van der Waals surface area contributed by atoms with Crippen LogP contribution in [0, 0.1) is 5.92 Å². The van der Waals surface area contributed by atoms with Crippen LogP contribution in [0.25, 0.3) is 0 Å². The maximum atomic E-state index is 4.14. The Morgan fingerprint density at radius 1 is 1.47 bits per heavy atom. The summed E-state index contributed by atoms with van der Waals surface area (Å²) in [6.45, 7) is 2.24. The third kappa shape index (κ3) is 2.84. The molecule has 1 N–H and O–H groups in total. The number of rotatable bonds is 5. The summed E-state index contributed by atoms with van der Waals surface area (Å²) in [7, 11) is 0. The lowest BCUT2D eigenvalue weighted by atomic mass is 10.2. The summed E-state index contributed by atoms with van der Waals surface area (Å²) in [4.78, 5) is 0. The van der Waals surface area contributed by atoms with Crippen LogP contribution >= 0.6 is 11.8 Å². The SMILES string of the molecule is CCCC1CC1Nc1ccc(SC)nn1. The van der Waals surface area contributed by atoms with Crippen molar-refractivity contribution < 1.29 is 0 Å². The average molecular weight is 223 g/mol. The summed E-state index contributed by atoms with van der Waals surface area (Å²) >= 11 is 1.62. The minimum atomic E-state index is 0.638. The summed E-state index contributed by atoms with van der Waals surface area (Å²) in [6.07, 6.45) is 5.91. The van der Waals surface area contributed by atoms with Crippen LogP contribution in [-0.4, -0.2) is 22.5 Å². The fraction of sp³-hybridized carbons (Fsp3) is 0.636. The van der Waals surface area contributed by atoms with E-state index in [0.717, 1.165) is 16.8 Å². The lowest BCUT2D eigenvalue weighted by Gasteiger charge is -2.03. The molecule has 1 aliphatic rings. The van der Waals surface area contributed by atoms with Gasteiger partial charge in [0.15, 0.2) is 0 Å². The maximum Gasteiger partial charge on any atom is 0.148 e. The van der Waals surface area contributed by atoms with E-state index >= 15 is 0 Å². The number of aromatic nitrogens is 2. The fourth-order valence-corrected chi connectivity index (χ4v) is 2.14. The normalized spacial score (nSPS) is 23.9. The zero-order valence-electron chi connectivity index (χ0n) is 9.23. The van der Waals surface area contributed by atoms with E-state index in [2.05, 4.69) is 22.4 Å². The van der Waals surface area contributed by atoms with Crippen molar-refractivity contribution in [3.63, 3.8) is 0 Å². The number of nitrogens with zero attached hydrogens (tertiary/aromatic N) is 2. The van der Waals surface area contributed by atoms with Crippen molar-refractivity contribution in [2.24, 2.45) is 5.92 Å². The Bertz CT molecular complexity index is 312. The van der Waals surface area contributed by atoms with Gasteiger partial charge in [-0.3, -0.25) is 0 Å². The molecule has 0 amide bonds. The number of nitrogens with one attached hydrogen (secondary N) is 1. The van der Waals surface area contributed by atoms with Gasteiger partial charge in [-0.2, -0.15) is 0 Å². The van der Waals surface area contributed by atoms with Crippen LogP contribution in [0.5, 0.6) is 0 Å². The zero-order chi connectivity index (χ0) is 10.7. The Balaban J connectivity index is 1.84. The molecule has 15 heavy (non-hydrogen) atoms. The van der Waals surface area contributed by atoms with Crippen LogP contribution in [0.2, 0.25) is 0 Å². The minimum Gasteiger partial charge on any atom is -0.366 e. The zero-order valence-corrected chi connectivity index (χ0v) is 10.0. The van der Waals surface area contributed by atoms with E-state index in [1.165, 1.54) is 19.3 Å². The Morgan fingerprint density at radius 3 is 2.93 bits per heavy atom. The second-order valence-electron chi connectivity index (χ2n) is 4.00. The van der Waals surface area contributed by atoms with Crippen molar-refractivity contribution in [2.75, 3.05) is 11.6 Å². The highest BCUT2D eigenvalue weighted by molar-refractivity contribution is 7.98. The number of hydrogen-bond donors (Lipinski definition) is 1. The molecule has 1 heterocycles. The third-order valence-corrected chi connectivity index (χ3v) is 3.40. The molecule has 2 rings (SSSR count). The van der Waals surface area contributed by atoms with Crippen LogP contribution in [0.4, 0.5) is 5.82 Å². The molecule has 3 nitrogen and oxygen atoms in total. The topological polar surface area (TPSA) is 37.8 Å². The number of hydrogen-bond acceptors (Lipinski definition) is 4. The summed E-state index contributed by atoms with van der Waals surface area (Å²) in [5.74, 6) is 1.77. The lowest BCUT2D eigenvalue weighted by molar-refractivity contribution is 0.691. The first-order chi connectivity index (χ1) is 7.33. The highest BCUT2D eigenvalue weighted by Crippen LogP contribution is 2.36. The van der Waals surface area contributed by atoms with Gasteiger partial charge in [-0.05, 0) is 37.1 Å². The first-order valence-electron chi connectivity index (χ1n) is 5.47. The number of thioether (sulfide) groups is 1. The molecule has 1 fully saturated rings. The highest BCUT2D eigenvalue weighted by Gasteiger charge is 2.36. The molecule has 82 valence electrons. The van der Waals surface area contributed by atoms with Gasteiger partial charge in [-0.15, -0.1) is 22.0 Å². The second kappa shape index (κ2) is 4.84. The van der Waals surface area contributed by atoms with E-state index < -0.39 is 0 Å². The van der Waals surface area contributed by atoms with Gasteiger partial charge in [0.05, 0.1) is 0 Å². The largest absolute Gasteiger partial charge is 0.366 e. The Kier molecular flexibility index (Phi) is 3.46. The van der Waals surface area contributed by atoms with E-state index in [9.17, 15) is 0 Å². The molecule has 4 heteroatoms. The van der Waals surface area contributed by atoms with Crippen molar-refractivity contribution in [3.05, 3.63) is 12.1 Å². The molecule has 0 saturated heterocycles. The Morgan fingerprint density at radius 2 is 2.33 bits per heavy atom. The number of anilines is 1. The van der Waals surface area contributed by atoms with Crippen LogP contribution in [0.15, 0.2) is 17.2 Å². The molecule has 0 radical (unpaired) electrons. The first-order valence-corrected chi connectivity index (χ1v) is 6.70. The van der Waals surface area contributed by atoms with Gasteiger partial charge in [-0.1, -0.05) is 13.3 Å². The molecular formula is C11H17N3S. The Hall–Kier alpha value is -0.770. The van der Waals surface area contributed by atoms with Crippen LogP contribution in [-0.2, 0) is 0 Å². The summed E-state index contributed by atoms with van der Waals surface area (Å²) in [5, 5.41) is 12.6. The van der Waals surface area contributed by atoms with Gasteiger partial charge in [-0.25, -0.2) is 0 Å². The van der Waals surface area contributed by atoms with Gasteiger partial charge >= 0.3 is 0 Å². The summed E-state index contributed by atoms with van der Waals surface area (Å²) in [6, 6.07) is 4.66. The molecule has 1 aromatic heterocycles. The second-order valence-corrected chi connectivity index (χ2v) is 4.82. The third-order valence-electron chi connectivity index (χ3n) is 2.76. The molecule has 2 unspecified atom stereocenters. The lowest BCUT2D eigenvalue weighted by Crippen LogP contribution is -2.06. The summed E-state index contributed by atoms with van der Waals surface area (Å²) < 4.78 is 0. The van der Waals surface area contributed by atoms with Crippen molar-refractivity contribution in [1.82, 2.24) is 10.2 Å². The molecule has 2 atom stereocenters. The first kappa shape index (κ1) is 10.7. The molecular weight excluding hydrogens is 206 g/mol. The molecule has 1 aromatic rings. The van der Waals surface area contributed by atoms with Gasteiger partial charge in [0, 0.05) is 6.04 Å². The van der Waals surface area contributed by atoms with E-state index in [4.69, 9.17) is 0 Å². The van der Waals surface area contributed by atoms with E-state index in [1.54, 1.807) is 11.8 Å². The maximum absolute atomic E-state index is 4.14. The molecule has 1 saturated carbocycles. The van der Waals surface area contributed by atoms with Crippen LogP contribution < -0.4 is 5.32 Å². The van der Waals surface area contributed by atoms with Gasteiger partial charge in [0.2, 0.25) is 0 Å². The van der Waals surface area contributed by atoms with Gasteiger partial charge < -0.3 is 5.32 Å². The predicted octanol–water partition coefficient (Wildman–Crippen LogP) is 2.80. The van der Waals surface area contributed by atoms with Crippen molar-refractivity contribution in [2.45, 2.75) is 37.3 Å². The molecule has 0 aromatic carbocycles.